The first-order chi connectivity index (χ1) is 9.01. The van der Waals surface area contributed by atoms with E-state index in [9.17, 15) is 0 Å². The quantitative estimate of drug-likeness (QED) is 0.830. The lowest BCUT2D eigenvalue weighted by molar-refractivity contribution is 0.251. The Kier molecular flexibility index (Phi) is 4.72. The summed E-state index contributed by atoms with van der Waals surface area (Å²) in [4.78, 5) is 0. The molecular weight excluding hydrogens is 302 g/mol. The molecule has 1 aliphatic rings. The van der Waals surface area contributed by atoms with Gasteiger partial charge in [-0.3, -0.25) is 4.68 Å². The van der Waals surface area contributed by atoms with Crippen LogP contribution in [-0.4, -0.2) is 22.9 Å². The van der Waals surface area contributed by atoms with Crippen LogP contribution in [0.4, 0.5) is 0 Å². The van der Waals surface area contributed by atoms with Gasteiger partial charge in [0, 0.05) is 13.1 Å². The zero-order valence-electron chi connectivity index (χ0n) is 12.6. The minimum absolute atomic E-state index is 0.359. The highest BCUT2D eigenvalue weighted by atomic mass is 79.9. The van der Waals surface area contributed by atoms with Gasteiger partial charge in [-0.1, -0.05) is 13.8 Å². The predicted molar refractivity (Wildman–Crippen MR) is 83.4 cm³/mol. The molecule has 1 fully saturated rings. The van der Waals surface area contributed by atoms with Crippen LogP contribution in [0.3, 0.4) is 0 Å². The van der Waals surface area contributed by atoms with Gasteiger partial charge in [-0.25, -0.2) is 0 Å². The molecule has 1 unspecified atom stereocenters. The van der Waals surface area contributed by atoms with Crippen molar-refractivity contribution < 1.29 is 0 Å². The summed E-state index contributed by atoms with van der Waals surface area (Å²) in [5.41, 5.74) is 2.84. The van der Waals surface area contributed by atoms with E-state index in [2.05, 4.69) is 58.7 Å². The van der Waals surface area contributed by atoms with E-state index in [4.69, 9.17) is 0 Å². The molecular formula is C15H26BrN3. The summed E-state index contributed by atoms with van der Waals surface area (Å²) < 4.78 is 3.36. The average molecular weight is 328 g/mol. The molecule has 1 saturated carbocycles. The van der Waals surface area contributed by atoms with Gasteiger partial charge in [0.25, 0.3) is 0 Å². The van der Waals surface area contributed by atoms with Crippen molar-refractivity contribution in [3.8, 4) is 0 Å². The van der Waals surface area contributed by atoms with Crippen molar-refractivity contribution in [2.45, 2.75) is 53.5 Å². The van der Waals surface area contributed by atoms with Crippen molar-refractivity contribution in [3.05, 3.63) is 15.9 Å². The Hall–Kier alpha value is -0.350. The van der Waals surface area contributed by atoms with Gasteiger partial charge < -0.3 is 5.32 Å². The van der Waals surface area contributed by atoms with E-state index >= 15 is 0 Å². The van der Waals surface area contributed by atoms with Crippen molar-refractivity contribution in [2.75, 3.05) is 13.1 Å². The lowest BCUT2D eigenvalue weighted by Crippen LogP contribution is -2.36. The molecule has 108 valence electrons. The first-order valence-electron chi connectivity index (χ1n) is 7.44. The molecule has 0 spiro atoms. The number of hydrogen-bond acceptors (Lipinski definition) is 2. The normalized spacial score (nSPS) is 18.6. The summed E-state index contributed by atoms with van der Waals surface area (Å²) in [5, 5.41) is 8.17. The van der Waals surface area contributed by atoms with Gasteiger partial charge in [-0.2, -0.15) is 5.10 Å². The van der Waals surface area contributed by atoms with Gasteiger partial charge in [0.15, 0.2) is 0 Å². The fraction of sp³-hybridized carbons (Fsp3) is 0.800. The minimum atomic E-state index is 0.359. The van der Waals surface area contributed by atoms with Gasteiger partial charge >= 0.3 is 0 Å². The smallest absolute Gasteiger partial charge is 0.0738 e. The number of nitrogens with zero attached hydrogens (tertiary/aromatic N) is 2. The molecule has 19 heavy (non-hydrogen) atoms. The van der Waals surface area contributed by atoms with E-state index in [1.165, 1.54) is 23.0 Å². The second-order valence-electron chi connectivity index (χ2n) is 6.05. The number of aromatic nitrogens is 2. The first kappa shape index (κ1) is 15.0. The van der Waals surface area contributed by atoms with Crippen molar-refractivity contribution in [1.29, 1.82) is 0 Å². The Morgan fingerprint density at radius 3 is 2.63 bits per heavy atom. The second-order valence-corrected chi connectivity index (χ2v) is 6.84. The van der Waals surface area contributed by atoms with Crippen LogP contribution >= 0.6 is 15.9 Å². The molecule has 0 saturated heterocycles. The Balaban J connectivity index is 2.21. The van der Waals surface area contributed by atoms with E-state index in [-0.39, 0.29) is 0 Å². The Labute approximate surface area is 125 Å². The van der Waals surface area contributed by atoms with Gasteiger partial charge in [0.05, 0.1) is 15.9 Å². The zero-order chi connectivity index (χ0) is 14.0. The highest BCUT2D eigenvalue weighted by Crippen LogP contribution is 2.47. The third-order valence-electron chi connectivity index (χ3n) is 4.37. The summed E-state index contributed by atoms with van der Waals surface area (Å²) in [5.74, 6) is 0.874. The molecule has 0 bridgehead atoms. The lowest BCUT2D eigenvalue weighted by Gasteiger charge is -2.30. The molecule has 1 aromatic heterocycles. The van der Waals surface area contributed by atoms with Crippen molar-refractivity contribution in [2.24, 2.45) is 11.3 Å². The number of aryl methyl sites for hydroxylation is 2. The van der Waals surface area contributed by atoms with E-state index in [1.807, 2.05) is 0 Å². The van der Waals surface area contributed by atoms with Crippen LogP contribution in [0.25, 0.3) is 0 Å². The molecule has 0 aliphatic heterocycles. The monoisotopic (exact) mass is 327 g/mol. The molecule has 3 nitrogen and oxygen atoms in total. The fourth-order valence-corrected chi connectivity index (χ4v) is 3.39. The third-order valence-corrected chi connectivity index (χ3v) is 5.40. The van der Waals surface area contributed by atoms with E-state index in [0.717, 1.165) is 37.7 Å². The molecule has 2 rings (SSSR count). The second kappa shape index (κ2) is 5.96. The van der Waals surface area contributed by atoms with E-state index < -0.39 is 0 Å². The summed E-state index contributed by atoms with van der Waals surface area (Å²) in [7, 11) is 0. The van der Waals surface area contributed by atoms with Crippen LogP contribution in [0.2, 0.25) is 0 Å². The Morgan fingerprint density at radius 2 is 2.11 bits per heavy atom. The number of halogens is 1. The predicted octanol–water partition coefficient (Wildman–Crippen LogP) is 3.54. The molecule has 1 aromatic rings. The zero-order valence-corrected chi connectivity index (χ0v) is 14.2. The maximum Gasteiger partial charge on any atom is 0.0738 e. The summed E-state index contributed by atoms with van der Waals surface area (Å²) in [6.45, 7) is 12.0. The Morgan fingerprint density at radius 1 is 1.42 bits per heavy atom. The van der Waals surface area contributed by atoms with Gasteiger partial charge in [0.1, 0.15) is 0 Å². The number of nitrogens with one attached hydrogen (secondary N) is 1. The lowest BCUT2D eigenvalue weighted by atomic mass is 9.80. The van der Waals surface area contributed by atoms with Gasteiger partial charge in [-0.15, -0.1) is 0 Å². The topological polar surface area (TPSA) is 29.9 Å². The van der Waals surface area contributed by atoms with Crippen LogP contribution in [0, 0.1) is 18.3 Å². The molecule has 4 heteroatoms. The Bertz CT molecular complexity index is 437. The molecule has 1 aliphatic carbocycles. The molecule has 0 radical (unpaired) electrons. The fourth-order valence-electron chi connectivity index (χ4n) is 2.96. The largest absolute Gasteiger partial charge is 0.316 e. The minimum Gasteiger partial charge on any atom is -0.316 e. The maximum atomic E-state index is 4.62. The van der Waals surface area contributed by atoms with E-state index in [1.54, 1.807) is 0 Å². The standard InChI is InChI=1S/C15H26BrN3/c1-5-17-10-15(4,12-7-8-12)9-13-14(16)11(3)18-19(13)6-2/h12,17H,5-10H2,1-4H3. The van der Waals surface area contributed by atoms with Crippen molar-refractivity contribution in [1.82, 2.24) is 15.1 Å². The molecule has 1 atom stereocenters. The van der Waals surface area contributed by atoms with Crippen LogP contribution in [0.1, 0.15) is 45.0 Å². The van der Waals surface area contributed by atoms with Gasteiger partial charge in [-0.05, 0) is 66.9 Å². The number of rotatable bonds is 7. The van der Waals surface area contributed by atoms with Crippen molar-refractivity contribution in [3.63, 3.8) is 0 Å². The van der Waals surface area contributed by atoms with Crippen LogP contribution in [0.5, 0.6) is 0 Å². The molecule has 1 N–H and O–H groups in total. The third kappa shape index (κ3) is 3.22. The van der Waals surface area contributed by atoms with E-state index in [0.29, 0.717) is 5.41 Å². The van der Waals surface area contributed by atoms with Crippen LogP contribution in [-0.2, 0) is 13.0 Å². The van der Waals surface area contributed by atoms with Gasteiger partial charge in [0.2, 0.25) is 0 Å². The summed E-state index contributed by atoms with van der Waals surface area (Å²) in [6.07, 6.45) is 3.89. The highest BCUT2D eigenvalue weighted by Gasteiger charge is 2.42. The molecule has 1 heterocycles. The summed E-state index contributed by atoms with van der Waals surface area (Å²) in [6, 6.07) is 0. The van der Waals surface area contributed by atoms with Crippen molar-refractivity contribution >= 4 is 15.9 Å². The SMILES string of the molecule is CCNCC(C)(Cc1c(Br)c(C)nn1CC)C1CC1. The highest BCUT2D eigenvalue weighted by molar-refractivity contribution is 9.10. The van der Waals surface area contributed by atoms with Crippen LogP contribution < -0.4 is 5.32 Å². The molecule has 0 aromatic carbocycles. The molecule has 0 amide bonds. The maximum absolute atomic E-state index is 4.62. The van der Waals surface area contributed by atoms with Crippen LogP contribution in [0.15, 0.2) is 4.47 Å². The first-order valence-corrected chi connectivity index (χ1v) is 8.23. The number of hydrogen-bond donors (Lipinski definition) is 1. The summed E-state index contributed by atoms with van der Waals surface area (Å²) >= 11 is 3.73. The average Bonchev–Trinajstić information content (AvgIpc) is 3.20.